The molecule has 3 rings (SSSR count). The third kappa shape index (κ3) is 4.20. The number of nitrogens with one attached hydrogen (secondary N) is 1. The van der Waals surface area contributed by atoms with Crippen molar-refractivity contribution in [2.75, 3.05) is 25.1 Å². The molecule has 1 aliphatic heterocycles. The maximum Gasteiger partial charge on any atom is 0.322 e. The van der Waals surface area contributed by atoms with E-state index in [1.54, 1.807) is 6.20 Å². The number of anilines is 1. The molecule has 0 saturated carbocycles. The smallest absolute Gasteiger partial charge is 0.322 e. The predicted octanol–water partition coefficient (Wildman–Crippen LogP) is 4.11. The third-order valence-corrected chi connectivity index (χ3v) is 4.43. The Morgan fingerprint density at radius 3 is 2.72 bits per heavy atom. The Balaban J connectivity index is 1.66. The van der Waals surface area contributed by atoms with Crippen molar-refractivity contribution in [3.63, 3.8) is 0 Å². The number of urea groups is 1. The van der Waals surface area contributed by atoms with Crippen molar-refractivity contribution in [2.24, 2.45) is 0 Å². The maximum absolute atomic E-state index is 12.5. The normalized spacial score (nSPS) is 18.2. The Bertz CT molecular complexity index is 709. The van der Waals surface area contributed by atoms with Crippen LogP contribution in [-0.4, -0.2) is 41.7 Å². The van der Waals surface area contributed by atoms with Gasteiger partial charge in [-0.1, -0.05) is 13.8 Å². The highest BCUT2D eigenvalue weighted by Crippen LogP contribution is 2.24. The highest BCUT2D eigenvalue weighted by Gasteiger charge is 2.22. The fraction of sp³-hybridized carbons (Fsp3) is 0.474. The molecule has 2 heterocycles. The van der Waals surface area contributed by atoms with Gasteiger partial charge in [0.15, 0.2) is 0 Å². The Kier molecular flexibility index (Phi) is 5.38. The molecule has 1 saturated heterocycles. The van der Waals surface area contributed by atoms with Gasteiger partial charge in [-0.15, -0.1) is 0 Å². The lowest BCUT2D eigenvalue weighted by Gasteiger charge is -2.26. The number of oxazole rings is 1. The summed E-state index contributed by atoms with van der Waals surface area (Å²) < 4.78 is 11.2. The van der Waals surface area contributed by atoms with Gasteiger partial charge in [0, 0.05) is 36.4 Å². The van der Waals surface area contributed by atoms with Gasteiger partial charge in [0.2, 0.25) is 5.89 Å². The first-order chi connectivity index (χ1) is 12.0. The third-order valence-electron chi connectivity index (χ3n) is 4.43. The standard InChI is InChI=1S/C19H25N3O3/c1-13(2)17-12-20-18(25-17)15-4-6-16(7-5-15)21-19(23)22-9-11-24-10-8-14(22)3/h4-7,12-14H,8-11H2,1-3H3,(H,21,23)/t14-/m1/s1. The van der Waals surface area contributed by atoms with Crippen LogP contribution in [0.2, 0.25) is 0 Å². The summed E-state index contributed by atoms with van der Waals surface area (Å²) in [6, 6.07) is 7.62. The number of aromatic nitrogens is 1. The van der Waals surface area contributed by atoms with E-state index in [1.807, 2.05) is 36.1 Å². The summed E-state index contributed by atoms with van der Waals surface area (Å²) in [5.41, 5.74) is 1.64. The zero-order valence-corrected chi connectivity index (χ0v) is 15.0. The monoisotopic (exact) mass is 343 g/mol. The van der Waals surface area contributed by atoms with E-state index in [-0.39, 0.29) is 12.1 Å². The molecule has 0 aliphatic carbocycles. The predicted molar refractivity (Wildman–Crippen MR) is 96.7 cm³/mol. The van der Waals surface area contributed by atoms with Gasteiger partial charge in [-0.05, 0) is 37.6 Å². The van der Waals surface area contributed by atoms with Gasteiger partial charge in [0.25, 0.3) is 0 Å². The minimum Gasteiger partial charge on any atom is -0.441 e. The van der Waals surface area contributed by atoms with Crippen molar-refractivity contribution in [1.29, 1.82) is 0 Å². The van der Waals surface area contributed by atoms with Gasteiger partial charge >= 0.3 is 6.03 Å². The molecule has 1 aromatic heterocycles. The summed E-state index contributed by atoms with van der Waals surface area (Å²) in [5.74, 6) is 1.77. The van der Waals surface area contributed by atoms with Gasteiger partial charge in [-0.3, -0.25) is 0 Å². The molecule has 1 N–H and O–H groups in total. The van der Waals surface area contributed by atoms with Crippen molar-refractivity contribution in [2.45, 2.75) is 39.2 Å². The van der Waals surface area contributed by atoms with Crippen LogP contribution in [0.15, 0.2) is 34.9 Å². The molecule has 25 heavy (non-hydrogen) atoms. The lowest BCUT2D eigenvalue weighted by Crippen LogP contribution is -2.42. The van der Waals surface area contributed by atoms with Crippen LogP contribution in [0.3, 0.4) is 0 Å². The van der Waals surface area contributed by atoms with Gasteiger partial charge in [0.05, 0.1) is 12.8 Å². The molecule has 1 aromatic carbocycles. The molecule has 1 atom stereocenters. The summed E-state index contributed by atoms with van der Waals surface area (Å²) in [6.45, 7) is 8.08. The zero-order valence-electron chi connectivity index (χ0n) is 15.0. The maximum atomic E-state index is 12.5. The van der Waals surface area contributed by atoms with Crippen LogP contribution in [-0.2, 0) is 4.74 Å². The van der Waals surface area contributed by atoms with Gasteiger partial charge in [-0.2, -0.15) is 0 Å². The van der Waals surface area contributed by atoms with E-state index >= 15 is 0 Å². The molecule has 0 bridgehead atoms. The van der Waals surface area contributed by atoms with E-state index < -0.39 is 0 Å². The van der Waals surface area contributed by atoms with Crippen LogP contribution < -0.4 is 5.32 Å². The molecular weight excluding hydrogens is 318 g/mol. The number of amides is 2. The average Bonchev–Trinajstić information content (AvgIpc) is 2.99. The summed E-state index contributed by atoms with van der Waals surface area (Å²) in [5, 5.41) is 2.95. The molecule has 1 aliphatic rings. The number of benzene rings is 1. The molecule has 0 unspecified atom stereocenters. The number of ether oxygens (including phenoxy) is 1. The number of hydrogen-bond acceptors (Lipinski definition) is 4. The highest BCUT2D eigenvalue weighted by atomic mass is 16.5. The number of hydrogen-bond donors (Lipinski definition) is 1. The van der Waals surface area contributed by atoms with E-state index in [0.717, 1.165) is 23.4 Å². The van der Waals surface area contributed by atoms with Crippen molar-refractivity contribution in [1.82, 2.24) is 9.88 Å². The average molecular weight is 343 g/mol. The van der Waals surface area contributed by atoms with Crippen LogP contribution >= 0.6 is 0 Å². The van der Waals surface area contributed by atoms with Gasteiger partial charge in [-0.25, -0.2) is 9.78 Å². The molecule has 0 spiro atoms. The molecular formula is C19H25N3O3. The summed E-state index contributed by atoms with van der Waals surface area (Å²) >= 11 is 0. The summed E-state index contributed by atoms with van der Waals surface area (Å²) in [4.78, 5) is 18.6. The van der Waals surface area contributed by atoms with Crippen molar-refractivity contribution < 1.29 is 13.9 Å². The van der Waals surface area contributed by atoms with Crippen LogP contribution in [0.4, 0.5) is 10.5 Å². The number of carbonyl (C=O) groups excluding carboxylic acids is 1. The summed E-state index contributed by atoms with van der Waals surface area (Å²) in [7, 11) is 0. The Labute approximate surface area is 148 Å². The first kappa shape index (κ1) is 17.5. The largest absolute Gasteiger partial charge is 0.441 e. The minimum absolute atomic E-state index is 0.0935. The van der Waals surface area contributed by atoms with Crippen LogP contribution in [0.1, 0.15) is 38.9 Å². The van der Waals surface area contributed by atoms with Gasteiger partial charge in [0.1, 0.15) is 5.76 Å². The second kappa shape index (κ2) is 7.70. The Morgan fingerprint density at radius 2 is 2.04 bits per heavy atom. The second-order valence-electron chi connectivity index (χ2n) is 6.67. The van der Waals surface area contributed by atoms with Crippen molar-refractivity contribution in [3.8, 4) is 11.5 Å². The molecule has 0 radical (unpaired) electrons. The molecule has 2 aromatic rings. The van der Waals surface area contributed by atoms with Crippen molar-refractivity contribution in [3.05, 3.63) is 36.2 Å². The van der Waals surface area contributed by atoms with Crippen LogP contribution in [0.25, 0.3) is 11.5 Å². The number of carbonyl (C=O) groups is 1. The lowest BCUT2D eigenvalue weighted by molar-refractivity contribution is 0.143. The van der Waals surface area contributed by atoms with E-state index in [4.69, 9.17) is 9.15 Å². The molecule has 6 heteroatoms. The Hall–Kier alpha value is -2.34. The van der Waals surface area contributed by atoms with Crippen LogP contribution in [0.5, 0.6) is 0 Å². The van der Waals surface area contributed by atoms with Gasteiger partial charge < -0.3 is 19.4 Å². The molecule has 2 amide bonds. The first-order valence-electron chi connectivity index (χ1n) is 8.76. The SMILES string of the molecule is CC(C)c1cnc(-c2ccc(NC(=O)N3CCOCC[C@H]3C)cc2)o1. The topological polar surface area (TPSA) is 67.6 Å². The van der Waals surface area contributed by atoms with E-state index in [1.165, 1.54) is 0 Å². The molecule has 6 nitrogen and oxygen atoms in total. The zero-order chi connectivity index (χ0) is 17.8. The minimum atomic E-state index is -0.0935. The fourth-order valence-corrected chi connectivity index (χ4v) is 2.78. The van der Waals surface area contributed by atoms with E-state index in [0.29, 0.717) is 31.6 Å². The first-order valence-corrected chi connectivity index (χ1v) is 8.76. The van der Waals surface area contributed by atoms with Crippen LogP contribution in [0, 0.1) is 0 Å². The second-order valence-corrected chi connectivity index (χ2v) is 6.67. The number of rotatable bonds is 3. The lowest BCUT2D eigenvalue weighted by atomic mass is 10.2. The molecule has 134 valence electrons. The Morgan fingerprint density at radius 1 is 1.28 bits per heavy atom. The fourth-order valence-electron chi connectivity index (χ4n) is 2.78. The van der Waals surface area contributed by atoms with E-state index in [2.05, 4.69) is 24.1 Å². The molecule has 1 fully saturated rings. The van der Waals surface area contributed by atoms with E-state index in [9.17, 15) is 4.79 Å². The van der Waals surface area contributed by atoms with Crippen molar-refractivity contribution >= 4 is 11.7 Å². The quantitative estimate of drug-likeness (QED) is 0.911. The highest BCUT2D eigenvalue weighted by molar-refractivity contribution is 5.89. The number of nitrogens with zero attached hydrogens (tertiary/aromatic N) is 2. The summed E-state index contributed by atoms with van der Waals surface area (Å²) in [6.07, 6.45) is 2.62.